The summed E-state index contributed by atoms with van der Waals surface area (Å²) in [5, 5.41) is 82.1. The molecule has 0 radical (unpaired) electrons. The van der Waals surface area contributed by atoms with Crippen LogP contribution in [0.25, 0.3) is 0 Å². The maximum Gasteiger partial charge on any atom is 0.330 e. The smallest absolute Gasteiger partial charge is 0.330 e. The summed E-state index contributed by atoms with van der Waals surface area (Å²) in [7, 11) is 2.90. The minimum absolute atomic E-state index is 0.157. The summed E-state index contributed by atoms with van der Waals surface area (Å²) in [6.07, 6.45) is 15.2. The molecule has 4 aromatic rings. The lowest BCUT2D eigenvalue weighted by Crippen LogP contribution is -2.40. The molecule has 8 heterocycles. The Balaban J connectivity index is 0.000000229. The molecule has 0 bridgehead atoms. The summed E-state index contributed by atoms with van der Waals surface area (Å²) in [4.78, 5) is 102. The molecule has 28 nitrogen and oxygen atoms in total. The van der Waals surface area contributed by atoms with Crippen molar-refractivity contribution in [2.75, 3.05) is 78.0 Å². The standard InChI is InChI=1S/C17H29N2O5P.C16H27N2O5P.2C15H25N2O5P/c1-5-6-8-19-10-11(16(22)18-17(19)23)15-14(21)13(20)12(24-15)7-9-25(2,3)4;1-5-7-18-9-10(15(21)17-16(18)22)14-13(20)12(19)11(23-14)6-8-24(2,3)4;1-16-8-9(14(20)17(2)15(16)21)13-12(19)11(18)10(22-13)6-7-23(3,4)5;1-5-17-8-9(14(20)16-15(17)21)13-12(19)11(18)10(22-13)6-7-23(2,3)4/h10,12-15,20-21H,2,5-9H2,1,3-4H3,(H,18,22,23);9,11-14,19-20H,2,5-8H2,1,3-4H3,(H,17,21,22);8,10-13,18-19H,3,6-7H2,1-2,4-5H3;8,10-13,18-19H,2,5-7H2,1,3-4H3,(H,16,20,21)/t12-,13-,14-,15+;11-,12-,13-,14+;2*10-,11-,12-,13+/m1111/s1. The first-order valence-electron chi connectivity index (χ1n) is 32.0. The fourth-order valence-electron chi connectivity index (χ4n) is 11.2. The second-order valence-electron chi connectivity index (χ2n) is 28.0. The van der Waals surface area contributed by atoms with E-state index in [4.69, 9.17) is 18.9 Å². The number of hydrogen-bond acceptors (Lipinski definition) is 20. The number of aromatic amines is 3. The number of aryl methyl sites for hydroxylation is 4. The SMILES string of the molecule is C=P(C)(C)CC[C@H]1O[C@@H](c2cn(C)c(=O)n(C)c2=O)[C@H](O)[C@@H]1O.C=P(C)(C)CC[C@H]1O[C@@H](c2cn(CC)c(=O)[nH]c2=O)[C@H](O)[C@@H]1O.C=P(C)(C)CC[C@H]1O[C@@H](c2cn(CCC)c(=O)[nH]c2=O)[C@H](O)[C@@H]1O.C=P(C)(C)CC[C@H]1O[C@@H](c2cn(CCCC)c(=O)[nH]c2=O)[C@H](O)[C@@H]1O. The number of nitrogens with one attached hydrogen (secondary N) is 3. The van der Waals surface area contributed by atoms with E-state index >= 15 is 0 Å². The minimum atomic E-state index is -1.28. The molecule has 16 atom stereocenters. The fraction of sp³-hybridized carbons (Fsp3) is 0.683. The van der Waals surface area contributed by atoms with Gasteiger partial charge >= 0.3 is 22.8 Å². The molecule has 0 unspecified atom stereocenters. The lowest BCUT2D eigenvalue weighted by molar-refractivity contribution is 0.00476. The summed E-state index contributed by atoms with van der Waals surface area (Å²) in [6, 6.07) is 0. The second kappa shape index (κ2) is 34.0. The summed E-state index contributed by atoms with van der Waals surface area (Å²) < 4.78 is 29.4. The number of hydrogen-bond donors (Lipinski definition) is 11. The van der Waals surface area contributed by atoms with Crippen LogP contribution in [0.2, 0.25) is 0 Å². The topological polar surface area (TPSA) is 407 Å². The number of H-pyrrole nitrogens is 3. The maximum absolute atomic E-state index is 12.3. The fourth-order valence-corrected chi connectivity index (χ4v) is 15.1. The zero-order valence-electron chi connectivity index (χ0n) is 57.3. The molecule has 4 aliphatic heterocycles. The van der Waals surface area contributed by atoms with Crippen molar-refractivity contribution in [3.05, 3.63) is 130 Å². The molecular weight excluding hydrogens is 1310 g/mol. The van der Waals surface area contributed by atoms with Gasteiger partial charge in [0.25, 0.3) is 22.2 Å². The zero-order chi connectivity index (χ0) is 71.7. The Bertz CT molecular complexity index is 3960. The Morgan fingerprint density at radius 2 is 0.695 bits per heavy atom. The normalized spacial score (nSPS) is 27.7. The van der Waals surface area contributed by atoms with Gasteiger partial charge < -0.3 is 78.1 Å². The monoisotopic (exact) mass is 1420 g/mol. The Kier molecular flexibility index (Phi) is 29.0. The van der Waals surface area contributed by atoms with Crippen LogP contribution in [-0.4, -0.2) is 255 Å². The number of aliphatic hydroxyl groups is 8. The number of nitrogens with zero attached hydrogens (tertiary/aromatic N) is 5. The molecule has 32 heteroatoms. The highest BCUT2D eigenvalue weighted by atomic mass is 31.2. The Morgan fingerprint density at radius 3 is 0.979 bits per heavy atom. The van der Waals surface area contributed by atoms with Gasteiger partial charge in [-0.2, -0.15) is 0 Å². The van der Waals surface area contributed by atoms with E-state index in [2.05, 4.69) is 93.5 Å². The largest absolute Gasteiger partial charge is 0.388 e. The second-order valence-corrected chi connectivity index (χ2v) is 45.3. The molecule has 0 aliphatic carbocycles. The highest BCUT2D eigenvalue weighted by Gasteiger charge is 2.48. The predicted molar refractivity (Wildman–Crippen MR) is 382 cm³/mol. The van der Waals surface area contributed by atoms with Crippen molar-refractivity contribution in [1.82, 2.24) is 37.8 Å². The third-order valence-corrected chi connectivity index (χ3v) is 22.8. The average molecular weight is 1420 g/mol. The van der Waals surface area contributed by atoms with Gasteiger partial charge in [0, 0.05) is 58.5 Å². The van der Waals surface area contributed by atoms with Gasteiger partial charge in [-0.1, -0.05) is 20.3 Å². The predicted octanol–water partition coefficient (Wildman–Crippen LogP) is -0.0322. The summed E-state index contributed by atoms with van der Waals surface area (Å²) in [6.45, 7) is 18.6. The molecule has 0 spiro atoms. The van der Waals surface area contributed by atoms with Crippen molar-refractivity contribution < 1.29 is 59.8 Å². The highest BCUT2D eigenvalue weighted by Crippen LogP contribution is 2.44. The molecule has 538 valence electrons. The zero-order valence-corrected chi connectivity index (χ0v) is 60.9. The van der Waals surface area contributed by atoms with Crippen LogP contribution in [-0.2, 0) is 52.7 Å². The minimum Gasteiger partial charge on any atom is -0.388 e. The van der Waals surface area contributed by atoms with Gasteiger partial charge in [-0.05, 0) is 123 Å². The van der Waals surface area contributed by atoms with Gasteiger partial charge in [-0.3, -0.25) is 38.7 Å². The quantitative estimate of drug-likeness (QED) is 0.0460. The first-order chi connectivity index (χ1) is 43.9. The lowest BCUT2D eigenvalue weighted by Gasteiger charge is -2.18. The third kappa shape index (κ3) is 22.0. The van der Waals surface area contributed by atoms with Gasteiger partial charge in [0.1, 0.15) is 73.2 Å². The molecule has 4 aromatic heterocycles. The average Bonchev–Trinajstić information content (AvgIpc) is 1.72. The Labute approximate surface area is 553 Å². The molecule has 0 aromatic carbocycles. The first-order valence-corrected chi connectivity index (χ1v) is 44.2. The Morgan fingerprint density at radius 1 is 0.411 bits per heavy atom. The van der Waals surface area contributed by atoms with E-state index in [9.17, 15) is 79.2 Å². The number of aliphatic hydroxyl groups excluding tert-OH is 8. The van der Waals surface area contributed by atoms with Gasteiger partial charge in [-0.25, -0.2) is 19.2 Å². The molecule has 0 amide bonds. The van der Waals surface area contributed by atoms with Crippen LogP contribution in [0, 0.1) is 0 Å². The molecule has 11 N–H and O–H groups in total. The van der Waals surface area contributed by atoms with E-state index in [0.717, 1.165) is 48.5 Å². The molecule has 4 fully saturated rings. The summed E-state index contributed by atoms with van der Waals surface area (Å²) >= 11 is 0. The first kappa shape index (κ1) is 81.1. The third-order valence-electron chi connectivity index (χ3n) is 16.9. The van der Waals surface area contributed by atoms with Gasteiger partial charge in [0.15, 0.2) is 0 Å². The number of ether oxygens (including phenoxy) is 4. The van der Waals surface area contributed by atoms with Crippen molar-refractivity contribution in [3.63, 3.8) is 0 Å². The van der Waals surface area contributed by atoms with E-state index in [1.54, 1.807) is 6.92 Å². The lowest BCUT2D eigenvalue weighted by atomic mass is 10.0. The van der Waals surface area contributed by atoms with Gasteiger partial charge in [0.2, 0.25) is 0 Å². The molecule has 0 saturated carbocycles. The highest BCUT2D eigenvalue weighted by molar-refractivity contribution is 7.73. The van der Waals surface area contributed by atoms with Gasteiger partial charge in [0.05, 0.1) is 46.7 Å². The number of unbranched alkanes of at least 4 members (excludes halogenated alkanes) is 1. The van der Waals surface area contributed by atoms with Crippen molar-refractivity contribution in [1.29, 1.82) is 0 Å². The molecule has 8 rings (SSSR count). The van der Waals surface area contributed by atoms with Crippen molar-refractivity contribution in [2.24, 2.45) is 14.1 Å². The molecule has 4 saturated heterocycles. The molecule has 4 aliphatic rings. The van der Waals surface area contributed by atoms with Crippen LogP contribution < -0.4 is 45.0 Å². The van der Waals surface area contributed by atoms with E-state index in [0.29, 0.717) is 45.3 Å². The van der Waals surface area contributed by atoms with Crippen LogP contribution in [0.4, 0.5) is 0 Å². The maximum atomic E-state index is 12.3. The molecular formula is C63H106N8O20P4. The van der Waals surface area contributed by atoms with Crippen LogP contribution in [0.15, 0.2) is 63.1 Å². The van der Waals surface area contributed by atoms with E-state index in [1.807, 2.05) is 13.8 Å². The number of aromatic nitrogens is 8. The van der Waals surface area contributed by atoms with Gasteiger partial charge in [-0.15, -0.1) is 52.7 Å². The van der Waals surface area contributed by atoms with E-state index < -0.39 is 170 Å². The van der Waals surface area contributed by atoms with Crippen LogP contribution in [0.5, 0.6) is 0 Å². The van der Waals surface area contributed by atoms with E-state index in [1.165, 1.54) is 57.2 Å². The van der Waals surface area contributed by atoms with Crippen LogP contribution >= 0.6 is 27.5 Å². The van der Waals surface area contributed by atoms with Crippen molar-refractivity contribution in [3.8, 4) is 0 Å². The van der Waals surface area contributed by atoms with Crippen LogP contribution in [0.1, 0.15) is 112 Å². The van der Waals surface area contributed by atoms with Crippen LogP contribution in [0.3, 0.4) is 0 Å². The Hall–Kier alpha value is -4.56. The van der Waals surface area contributed by atoms with Crippen molar-refractivity contribution in [2.45, 2.75) is 183 Å². The van der Waals surface area contributed by atoms with E-state index in [-0.39, 0.29) is 22.3 Å². The molecule has 95 heavy (non-hydrogen) atoms. The number of rotatable bonds is 22. The van der Waals surface area contributed by atoms with Crippen molar-refractivity contribution >= 4 is 52.7 Å². The summed E-state index contributed by atoms with van der Waals surface area (Å²) in [5.74, 6) is 0. The summed E-state index contributed by atoms with van der Waals surface area (Å²) in [5.41, 5.74) is -3.54.